The first-order chi connectivity index (χ1) is 18.3. The summed E-state index contributed by atoms with van der Waals surface area (Å²) in [5.41, 5.74) is 1.22. The molecule has 8 nitrogen and oxygen atoms in total. The van der Waals surface area contributed by atoms with Crippen LogP contribution in [0.2, 0.25) is 0 Å². The molecule has 194 valence electrons. The summed E-state index contributed by atoms with van der Waals surface area (Å²) < 4.78 is 48.5. The molecule has 1 N–H and O–H groups in total. The second-order valence-corrected chi connectivity index (χ2v) is 8.85. The fourth-order valence-corrected chi connectivity index (χ4v) is 4.32. The average Bonchev–Trinajstić information content (AvgIpc) is 3.54. The number of alkyl halides is 3. The van der Waals surface area contributed by atoms with Crippen LogP contribution in [-0.4, -0.2) is 56.7 Å². The zero-order chi connectivity index (χ0) is 26.7. The van der Waals surface area contributed by atoms with Crippen molar-refractivity contribution >= 4 is 17.2 Å². The predicted octanol–water partition coefficient (Wildman–Crippen LogP) is 4.02. The lowest BCUT2D eigenvalue weighted by Gasteiger charge is -2.20. The molecule has 1 aliphatic heterocycles. The van der Waals surface area contributed by atoms with Crippen LogP contribution in [0.4, 0.5) is 18.9 Å². The zero-order valence-electron chi connectivity index (χ0n) is 20.4. The maximum absolute atomic E-state index is 13.9. The number of anilines is 1. The number of nitrogens with one attached hydrogen (secondary N) is 1. The van der Waals surface area contributed by atoms with Gasteiger partial charge in [-0.05, 0) is 48.2 Å². The first kappa shape index (κ1) is 25.4. The average molecular weight is 521 g/mol. The Balaban J connectivity index is 1.32. The molecule has 5 rings (SSSR count). The fraction of sp³-hybridized carbons (Fsp3) is 0.259. The van der Waals surface area contributed by atoms with Gasteiger partial charge in [-0.15, -0.1) is 0 Å². The van der Waals surface area contributed by atoms with Gasteiger partial charge in [-0.2, -0.15) is 18.3 Å². The minimum absolute atomic E-state index is 0.0214. The number of nitrogens with zero attached hydrogens (tertiary/aromatic N) is 5. The highest BCUT2D eigenvalue weighted by Crippen LogP contribution is 2.35. The largest absolute Gasteiger partial charge is 0.416 e. The van der Waals surface area contributed by atoms with E-state index in [2.05, 4.69) is 32.2 Å². The van der Waals surface area contributed by atoms with E-state index in [4.69, 9.17) is 4.74 Å². The maximum Gasteiger partial charge on any atom is 0.416 e. The molecule has 4 aromatic rings. The Morgan fingerprint density at radius 1 is 1.18 bits per heavy atom. The van der Waals surface area contributed by atoms with E-state index in [0.717, 1.165) is 12.5 Å². The summed E-state index contributed by atoms with van der Waals surface area (Å²) in [4.78, 5) is 23.0. The number of halogens is 3. The van der Waals surface area contributed by atoms with Crippen molar-refractivity contribution in [1.29, 1.82) is 0 Å². The van der Waals surface area contributed by atoms with Gasteiger partial charge in [-0.1, -0.05) is 12.0 Å². The number of carbonyl (C=O) groups is 1. The topological polar surface area (TPSA) is 84.6 Å². The number of rotatable bonds is 5. The van der Waals surface area contributed by atoms with Crippen molar-refractivity contribution in [2.75, 3.05) is 25.5 Å². The maximum atomic E-state index is 13.9. The number of carbonyl (C=O) groups excluding carboxylic acids is 1. The minimum atomic E-state index is -4.57. The SMILES string of the molecule is CO[C@H]1CCN(Cc2ccc(NC(=O)c3cncc(C#Cc4cnc5cccnn45)c3)cc2C(F)(F)F)C1. The molecular weight excluding hydrogens is 497 g/mol. The number of hydrogen-bond acceptors (Lipinski definition) is 6. The molecule has 38 heavy (non-hydrogen) atoms. The zero-order valence-corrected chi connectivity index (χ0v) is 20.4. The Labute approximate surface area is 216 Å². The van der Waals surface area contributed by atoms with Crippen molar-refractivity contribution < 1.29 is 22.7 Å². The van der Waals surface area contributed by atoms with Gasteiger partial charge in [0.15, 0.2) is 5.65 Å². The third-order valence-electron chi connectivity index (χ3n) is 6.24. The lowest BCUT2D eigenvalue weighted by atomic mass is 10.0. The van der Waals surface area contributed by atoms with Crippen molar-refractivity contribution in [3.05, 3.63) is 89.1 Å². The van der Waals surface area contributed by atoms with Crippen molar-refractivity contribution in [3.8, 4) is 11.8 Å². The van der Waals surface area contributed by atoms with Gasteiger partial charge in [0.05, 0.1) is 23.4 Å². The van der Waals surface area contributed by atoms with Gasteiger partial charge in [0, 0.05) is 56.6 Å². The molecule has 1 atom stereocenters. The lowest BCUT2D eigenvalue weighted by Crippen LogP contribution is -2.24. The summed E-state index contributed by atoms with van der Waals surface area (Å²) in [7, 11) is 1.60. The number of hydrogen-bond donors (Lipinski definition) is 1. The van der Waals surface area contributed by atoms with E-state index in [0.29, 0.717) is 30.0 Å². The molecule has 0 radical (unpaired) electrons. The number of amides is 1. The molecule has 1 aromatic carbocycles. The Morgan fingerprint density at radius 3 is 2.84 bits per heavy atom. The minimum Gasteiger partial charge on any atom is -0.380 e. The van der Waals surface area contributed by atoms with Gasteiger partial charge in [-0.25, -0.2) is 9.50 Å². The number of benzene rings is 1. The molecule has 0 aliphatic carbocycles. The summed E-state index contributed by atoms with van der Waals surface area (Å²) in [6, 6.07) is 8.92. The van der Waals surface area contributed by atoms with E-state index in [9.17, 15) is 18.0 Å². The monoisotopic (exact) mass is 520 g/mol. The van der Waals surface area contributed by atoms with E-state index in [1.807, 2.05) is 4.90 Å². The van der Waals surface area contributed by atoms with Crippen LogP contribution in [0, 0.1) is 11.8 Å². The number of fused-ring (bicyclic) bond motifs is 1. The Kier molecular flexibility index (Phi) is 7.09. The molecule has 0 unspecified atom stereocenters. The second kappa shape index (κ2) is 10.6. The standard InChI is InChI=1S/C27H23F3N6O2/c1-38-23-8-10-35(17-23)16-19-5-6-21(12-24(19)27(28,29)30)34-26(37)20-11-18(13-31-14-20)4-7-22-15-32-25-3-2-9-33-36(22)25/h2-3,5-6,9,11-15,23H,8,10,16-17H2,1H3,(H,34,37)/t23-/m0/s1. The fourth-order valence-electron chi connectivity index (χ4n) is 4.32. The van der Waals surface area contributed by atoms with Crippen molar-refractivity contribution in [2.24, 2.45) is 0 Å². The van der Waals surface area contributed by atoms with Crippen LogP contribution in [0.3, 0.4) is 0 Å². The highest BCUT2D eigenvalue weighted by atomic mass is 19.4. The van der Waals surface area contributed by atoms with Gasteiger partial charge in [0.25, 0.3) is 5.91 Å². The molecule has 11 heteroatoms. The van der Waals surface area contributed by atoms with Gasteiger partial charge < -0.3 is 10.1 Å². The predicted molar refractivity (Wildman–Crippen MR) is 133 cm³/mol. The number of pyridine rings is 1. The van der Waals surface area contributed by atoms with E-state index in [-0.39, 0.29) is 29.5 Å². The first-order valence-corrected chi connectivity index (χ1v) is 11.8. The quantitative estimate of drug-likeness (QED) is 0.401. The van der Waals surface area contributed by atoms with Crippen LogP contribution in [0.5, 0.6) is 0 Å². The molecule has 3 aromatic heterocycles. The van der Waals surface area contributed by atoms with E-state index in [1.165, 1.54) is 30.6 Å². The molecule has 1 fully saturated rings. The smallest absolute Gasteiger partial charge is 0.380 e. The first-order valence-electron chi connectivity index (χ1n) is 11.8. The molecular formula is C27H23F3N6O2. The number of aromatic nitrogens is 4. The highest BCUT2D eigenvalue weighted by Gasteiger charge is 2.35. The number of methoxy groups -OCH3 is 1. The third-order valence-corrected chi connectivity index (χ3v) is 6.24. The lowest BCUT2D eigenvalue weighted by molar-refractivity contribution is -0.138. The third kappa shape index (κ3) is 5.66. The Bertz CT molecular complexity index is 1540. The normalized spacial score (nSPS) is 15.8. The number of imidazole rings is 1. The molecule has 4 heterocycles. The van der Waals surface area contributed by atoms with Gasteiger partial charge >= 0.3 is 6.18 Å². The molecule has 0 spiro atoms. The van der Waals surface area contributed by atoms with E-state index >= 15 is 0 Å². The van der Waals surface area contributed by atoms with Crippen molar-refractivity contribution in [1.82, 2.24) is 24.5 Å². The summed E-state index contributed by atoms with van der Waals surface area (Å²) in [6.45, 7) is 1.39. The van der Waals surface area contributed by atoms with E-state index < -0.39 is 17.6 Å². The molecule has 0 bridgehead atoms. The van der Waals surface area contributed by atoms with Crippen LogP contribution in [0.1, 0.15) is 39.2 Å². The van der Waals surface area contributed by atoms with Crippen LogP contribution in [-0.2, 0) is 17.5 Å². The molecule has 0 saturated carbocycles. The molecule has 1 amide bonds. The van der Waals surface area contributed by atoms with E-state index in [1.54, 1.807) is 36.2 Å². The Hall–Kier alpha value is -4.27. The van der Waals surface area contributed by atoms with Crippen LogP contribution >= 0.6 is 0 Å². The van der Waals surface area contributed by atoms with Gasteiger partial charge in [0.2, 0.25) is 0 Å². The van der Waals surface area contributed by atoms with Gasteiger partial charge in [0.1, 0.15) is 5.69 Å². The summed E-state index contributed by atoms with van der Waals surface area (Å²) >= 11 is 0. The molecule has 1 aliphatic rings. The second-order valence-electron chi connectivity index (χ2n) is 8.85. The van der Waals surface area contributed by atoms with Crippen molar-refractivity contribution in [2.45, 2.75) is 25.2 Å². The summed E-state index contributed by atoms with van der Waals surface area (Å²) in [5.74, 6) is 5.27. The highest BCUT2D eigenvalue weighted by molar-refractivity contribution is 6.04. The number of likely N-dealkylation sites (tertiary alicyclic amines) is 1. The summed E-state index contributed by atoms with van der Waals surface area (Å²) in [6.07, 6.45) is 2.25. The molecule has 1 saturated heterocycles. The van der Waals surface area contributed by atoms with Crippen LogP contribution in [0.25, 0.3) is 5.65 Å². The summed E-state index contributed by atoms with van der Waals surface area (Å²) in [5, 5.41) is 6.74. The van der Waals surface area contributed by atoms with Gasteiger partial charge in [-0.3, -0.25) is 14.7 Å². The van der Waals surface area contributed by atoms with Crippen LogP contribution in [0.15, 0.2) is 61.2 Å². The van der Waals surface area contributed by atoms with Crippen LogP contribution < -0.4 is 5.32 Å². The van der Waals surface area contributed by atoms with Crippen molar-refractivity contribution in [3.63, 3.8) is 0 Å². The number of ether oxygens (including phenoxy) is 1. The Morgan fingerprint density at radius 2 is 2.05 bits per heavy atom.